The number of hydrogen-bond acceptors (Lipinski definition) is 6. The molecule has 7 nitrogen and oxygen atoms in total. The minimum Gasteiger partial charge on any atom is -0.467 e. The van der Waals surface area contributed by atoms with Crippen LogP contribution in [0.15, 0.2) is 45.9 Å². The Morgan fingerprint density at radius 3 is 2.79 bits per heavy atom. The van der Waals surface area contributed by atoms with Gasteiger partial charge in [0.05, 0.1) is 6.26 Å². The molecule has 3 N–H and O–H groups in total. The van der Waals surface area contributed by atoms with Gasteiger partial charge in [0.1, 0.15) is 23.5 Å². The van der Waals surface area contributed by atoms with Gasteiger partial charge < -0.3 is 19.8 Å². The summed E-state index contributed by atoms with van der Waals surface area (Å²) in [6.07, 6.45) is 2.39. The van der Waals surface area contributed by atoms with E-state index in [1.165, 1.54) is 6.26 Å². The quantitative estimate of drug-likeness (QED) is 0.664. The van der Waals surface area contributed by atoms with E-state index in [-0.39, 0.29) is 12.1 Å². The summed E-state index contributed by atoms with van der Waals surface area (Å²) >= 11 is 0. The van der Waals surface area contributed by atoms with Gasteiger partial charge >= 0.3 is 0 Å². The Morgan fingerprint density at radius 2 is 2.17 bits per heavy atom. The van der Waals surface area contributed by atoms with Gasteiger partial charge in [-0.05, 0) is 38.1 Å². The molecule has 24 heavy (non-hydrogen) atoms. The first kappa shape index (κ1) is 15.9. The van der Waals surface area contributed by atoms with Crippen LogP contribution in [0.25, 0.3) is 11.4 Å². The SMILES string of the molecule is Cc1nc(-c2ccc(NCC(O)c3ccco3)nc2)[nH]c(=O)c1C. The summed E-state index contributed by atoms with van der Waals surface area (Å²) in [7, 11) is 0. The Balaban J connectivity index is 1.70. The van der Waals surface area contributed by atoms with Crippen molar-refractivity contribution >= 4 is 5.82 Å². The van der Waals surface area contributed by atoms with Crippen molar-refractivity contribution in [2.75, 3.05) is 11.9 Å². The average Bonchev–Trinajstić information content (AvgIpc) is 3.12. The molecule has 3 rings (SSSR count). The number of H-pyrrole nitrogens is 1. The maximum atomic E-state index is 11.8. The normalized spacial score (nSPS) is 12.1. The van der Waals surface area contributed by atoms with Gasteiger partial charge in [0.15, 0.2) is 0 Å². The maximum absolute atomic E-state index is 11.8. The number of pyridine rings is 1. The second-order valence-corrected chi connectivity index (χ2v) is 5.47. The Kier molecular flexibility index (Phi) is 4.43. The molecule has 0 bridgehead atoms. The van der Waals surface area contributed by atoms with Gasteiger partial charge in [0, 0.05) is 29.6 Å². The molecule has 0 saturated carbocycles. The van der Waals surface area contributed by atoms with Gasteiger partial charge in [-0.3, -0.25) is 4.79 Å². The lowest BCUT2D eigenvalue weighted by atomic mass is 10.2. The fourth-order valence-electron chi connectivity index (χ4n) is 2.20. The summed E-state index contributed by atoms with van der Waals surface area (Å²) < 4.78 is 5.14. The predicted octanol–water partition coefficient (Wildman–Crippen LogP) is 2.19. The number of nitrogens with zero attached hydrogens (tertiary/aromatic N) is 2. The van der Waals surface area contributed by atoms with Crippen LogP contribution in [0.2, 0.25) is 0 Å². The van der Waals surface area contributed by atoms with E-state index in [0.717, 1.165) is 0 Å². The van der Waals surface area contributed by atoms with Crippen molar-refractivity contribution in [3.63, 3.8) is 0 Å². The monoisotopic (exact) mass is 326 g/mol. The van der Waals surface area contributed by atoms with E-state index >= 15 is 0 Å². The number of furan rings is 1. The van der Waals surface area contributed by atoms with E-state index < -0.39 is 6.10 Å². The number of aromatic nitrogens is 3. The highest BCUT2D eigenvalue weighted by Crippen LogP contribution is 2.17. The van der Waals surface area contributed by atoms with Crippen LogP contribution in [-0.2, 0) is 0 Å². The van der Waals surface area contributed by atoms with E-state index in [1.54, 1.807) is 38.2 Å². The van der Waals surface area contributed by atoms with E-state index in [9.17, 15) is 9.90 Å². The van der Waals surface area contributed by atoms with Crippen LogP contribution >= 0.6 is 0 Å². The topological polar surface area (TPSA) is 104 Å². The second-order valence-electron chi connectivity index (χ2n) is 5.47. The molecule has 1 unspecified atom stereocenters. The summed E-state index contributed by atoms with van der Waals surface area (Å²) in [5, 5.41) is 13.0. The number of anilines is 1. The van der Waals surface area contributed by atoms with Crippen molar-refractivity contribution in [1.29, 1.82) is 0 Å². The van der Waals surface area contributed by atoms with Crippen molar-refractivity contribution in [2.24, 2.45) is 0 Å². The first-order valence-electron chi connectivity index (χ1n) is 7.54. The molecule has 124 valence electrons. The first-order chi connectivity index (χ1) is 11.5. The molecule has 0 fully saturated rings. The third kappa shape index (κ3) is 3.36. The summed E-state index contributed by atoms with van der Waals surface area (Å²) in [6.45, 7) is 3.81. The largest absolute Gasteiger partial charge is 0.467 e. The van der Waals surface area contributed by atoms with Gasteiger partial charge in [-0.25, -0.2) is 9.97 Å². The van der Waals surface area contributed by atoms with Gasteiger partial charge in [0.25, 0.3) is 5.56 Å². The van der Waals surface area contributed by atoms with E-state index in [2.05, 4.69) is 20.3 Å². The molecular formula is C17H18N4O3. The third-order valence-electron chi connectivity index (χ3n) is 3.78. The zero-order valence-corrected chi connectivity index (χ0v) is 13.4. The fraction of sp³-hybridized carbons (Fsp3) is 0.235. The minimum atomic E-state index is -0.751. The molecule has 0 amide bonds. The summed E-state index contributed by atoms with van der Waals surface area (Å²) in [6, 6.07) is 7.01. The number of aryl methyl sites for hydroxylation is 1. The van der Waals surface area contributed by atoms with Gasteiger partial charge in [0.2, 0.25) is 0 Å². The van der Waals surface area contributed by atoms with Crippen molar-refractivity contribution in [3.05, 3.63) is 64.1 Å². The predicted molar refractivity (Wildman–Crippen MR) is 89.7 cm³/mol. The lowest BCUT2D eigenvalue weighted by Gasteiger charge is -2.10. The first-order valence-corrected chi connectivity index (χ1v) is 7.54. The zero-order chi connectivity index (χ0) is 17.1. The molecule has 0 spiro atoms. The van der Waals surface area contributed by atoms with Crippen LogP contribution in [-0.4, -0.2) is 26.6 Å². The standard InChI is InChI=1S/C17H18N4O3/c1-10-11(2)20-16(21-17(10)23)12-5-6-15(18-8-12)19-9-13(22)14-4-3-7-24-14/h3-8,13,22H,9H2,1-2H3,(H,18,19)(H,20,21,23). The molecule has 0 saturated heterocycles. The molecule has 1 atom stereocenters. The fourth-order valence-corrected chi connectivity index (χ4v) is 2.20. The smallest absolute Gasteiger partial charge is 0.254 e. The van der Waals surface area contributed by atoms with Crippen LogP contribution in [0.3, 0.4) is 0 Å². The van der Waals surface area contributed by atoms with E-state index in [0.29, 0.717) is 34.2 Å². The maximum Gasteiger partial charge on any atom is 0.254 e. The Labute approximate surface area is 138 Å². The Hall–Kier alpha value is -2.93. The molecule has 3 aromatic heterocycles. The average molecular weight is 326 g/mol. The van der Waals surface area contributed by atoms with Gasteiger partial charge in [-0.15, -0.1) is 0 Å². The van der Waals surface area contributed by atoms with E-state index in [4.69, 9.17) is 4.42 Å². The van der Waals surface area contributed by atoms with Gasteiger partial charge in [-0.1, -0.05) is 0 Å². The molecular weight excluding hydrogens is 308 g/mol. The molecule has 0 aliphatic rings. The molecule has 0 aliphatic heterocycles. The minimum absolute atomic E-state index is 0.152. The summed E-state index contributed by atoms with van der Waals surface area (Å²) in [5.74, 6) is 1.59. The van der Waals surface area contributed by atoms with Crippen molar-refractivity contribution in [2.45, 2.75) is 20.0 Å². The summed E-state index contributed by atoms with van der Waals surface area (Å²) in [5.41, 5.74) is 1.86. The summed E-state index contributed by atoms with van der Waals surface area (Å²) in [4.78, 5) is 23.2. The highest BCUT2D eigenvalue weighted by atomic mass is 16.4. The highest BCUT2D eigenvalue weighted by Gasteiger charge is 2.10. The van der Waals surface area contributed by atoms with E-state index in [1.807, 2.05) is 6.07 Å². The molecule has 3 aromatic rings. The number of aliphatic hydroxyl groups excluding tert-OH is 1. The number of aliphatic hydroxyl groups is 1. The third-order valence-corrected chi connectivity index (χ3v) is 3.78. The van der Waals surface area contributed by atoms with Crippen molar-refractivity contribution < 1.29 is 9.52 Å². The number of nitrogens with one attached hydrogen (secondary N) is 2. The number of rotatable bonds is 5. The van der Waals surface area contributed by atoms with Crippen LogP contribution in [0.1, 0.15) is 23.1 Å². The van der Waals surface area contributed by atoms with Crippen LogP contribution in [0, 0.1) is 13.8 Å². The number of aromatic amines is 1. The molecule has 0 radical (unpaired) electrons. The van der Waals surface area contributed by atoms with Crippen molar-refractivity contribution in [3.8, 4) is 11.4 Å². The van der Waals surface area contributed by atoms with Crippen LogP contribution in [0.5, 0.6) is 0 Å². The molecule has 0 aromatic carbocycles. The molecule has 3 heterocycles. The lowest BCUT2D eigenvalue weighted by molar-refractivity contribution is 0.162. The van der Waals surface area contributed by atoms with Crippen LogP contribution in [0.4, 0.5) is 5.82 Å². The Morgan fingerprint density at radius 1 is 1.33 bits per heavy atom. The lowest BCUT2D eigenvalue weighted by Crippen LogP contribution is -2.14. The molecule has 0 aliphatic carbocycles. The van der Waals surface area contributed by atoms with Crippen molar-refractivity contribution in [1.82, 2.24) is 15.0 Å². The zero-order valence-electron chi connectivity index (χ0n) is 13.4. The Bertz CT molecular complexity index is 870. The van der Waals surface area contributed by atoms with Crippen LogP contribution < -0.4 is 10.9 Å². The second kappa shape index (κ2) is 6.67. The van der Waals surface area contributed by atoms with Gasteiger partial charge in [-0.2, -0.15) is 0 Å². The molecule has 7 heteroatoms. The number of hydrogen-bond donors (Lipinski definition) is 3. The highest BCUT2D eigenvalue weighted by molar-refractivity contribution is 5.56.